The van der Waals surface area contributed by atoms with E-state index in [0.717, 1.165) is 0 Å². The third kappa shape index (κ3) is 2.65. The highest BCUT2D eigenvalue weighted by atomic mass is 79.9. The predicted octanol–water partition coefficient (Wildman–Crippen LogP) is 3.93. The van der Waals surface area contributed by atoms with Crippen LogP contribution in [0.25, 0.3) is 0 Å². The van der Waals surface area contributed by atoms with Gasteiger partial charge in [-0.15, -0.1) is 6.58 Å². The zero-order chi connectivity index (χ0) is 10.7. The smallest absolute Gasteiger partial charge is 0.130 e. The van der Waals surface area contributed by atoms with Crippen molar-refractivity contribution < 1.29 is 4.39 Å². The Morgan fingerprint density at radius 3 is 2.64 bits per heavy atom. The molecule has 14 heavy (non-hydrogen) atoms. The van der Waals surface area contributed by atoms with Crippen LogP contribution in [0.5, 0.6) is 0 Å². The molecule has 0 aromatic heterocycles. The van der Waals surface area contributed by atoms with E-state index in [1.807, 2.05) is 0 Å². The van der Waals surface area contributed by atoms with Crippen LogP contribution in [-0.4, -0.2) is 0 Å². The van der Waals surface area contributed by atoms with Crippen molar-refractivity contribution in [2.75, 3.05) is 0 Å². The fraction of sp³-hybridized carbons (Fsp3) is 0.200. The van der Waals surface area contributed by atoms with E-state index in [-0.39, 0.29) is 11.9 Å². The minimum Gasteiger partial charge on any atom is -0.324 e. The first-order valence-electron chi connectivity index (χ1n) is 4.07. The maximum atomic E-state index is 13.5. The summed E-state index contributed by atoms with van der Waals surface area (Å²) in [6.45, 7) is 3.58. The van der Waals surface area contributed by atoms with E-state index in [1.165, 1.54) is 6.07 Å². The molecule has 0 aliphatic carbocycles. The molecule has 0 aliphatic heterocycles. The Morgan fingerprint density at radius 1 is 1.50 bits per heavy atom. The zero-order valence-electron chi connectivity index (χ0n) is 7.43. The van der Waals surface area contributed by atoms with E-state index in [0.29, 0.717) is 20.9 Å². The van der Waals surface area contributed by atoms with Crippen molar-refractivity contribution in [1.82, 2.24) is 0 Å². The van der Waals surface area contributed by atoms with Gasteiger partial charge in [-0.1, -0.05) is 37.9 Å². The lowest BCUT2D eigenvalue weighted by Gasteiger charge is -2.13. The van der Waals surface area contributed by atoms with Gasteiger partial charge in [0, 0.05) is 20.6 Å². The monoisotopic (exact) mass is 321 g/mol. The molecule has 1 aromatic rings. The summed E-state index contributed by atoms with van der Waals surface area (Å²) in [5, 5.41) is 0. The van der Waals surface area contributed by atoms with Gasteiger partial charge in [-0.2, -0.15) is 0 Å². The van der Waals surface area contributed by atoms with Crippen molar-refractivity contribution >= 4 is 31.9 Å². The lowest BCUT2D eigenvalue weighted by molar-refractivity contribution is 0.580. The summed E-state index contributed by atoms with van der Waals surface area (Å²) < 4.78 is 14.9. The molecule has 0 amide bonds. The Balaban J connectivity index is 3.13. The molecule has 1 aromatic carbocycles. The van der Waals surface area contributed by atoms with Crippen LogP contribution in [0, 0.1) is 5.82 Å². The second kappa shape index (κ2) is 5.05. The Hall–Kier alpha value is -0.190. The summed E-state index contributed by atoms with van der Waals surface area (Å²) in [4.78, 5) is 0. The van der Waals surface area contributed by atoms with Crippen LogP contribution in [0.2, 0.25) is 0 Å². The molecule has 76 valence electrons. The van der Waals surface area contributed by atoms with Gasteiger partial charge in [-0.25, -0.2) is 4.39 Å². The largest absolute Gasteiger partial charge is 0.324 e. The second-order valence-corrected chi connectivity index (χ2v) is 4.68. The maximum absolute atomic E-state index is 13.5. The van der Waals surface area contributed by atoms with E-state index < -0.39 is 0 Å². The van der Waals surface area contributed by atoms with Crippen LogP contribution in [0.1, 0.15) is 18.0 Å². The van der Waals surface area contributed by atoms with Crippen molar-refractivity contribution in [3.8, 4) is 0 Å². The topological polar surface area (TPSA) is 26.0 Å². The minimum atomic E-state index is -0.352. The van der Waals surface area contributed by atoms with Crippen molar-refractivity contribution in [3.05, 3.63) is 45.1 Å². The van der Waals surface area contributed by atoms with Gasteiger partial charge in [0.2, 0.25) is 0 Å². The summed E-state index contributed by atoms with van der Waals surface area (Å²) >= 11 is 6.49. The Morgan fingerprint density at radius 2 is 2.14 bits per heavy atom. The standard InChI is InChI=1S/C10H10Br2FN/c1-2-3-9(14)10-7(12)4-6(11)5-8(10)13/h2,4-5,9H,1,3,14H2/t9-/m1/s1. The molecule has 2 N–H and O–H groups in total. The van der Waals surface area contributed by atoms with Gasteiger partial charge in [0.1, 0.15) is 5.82 Å². The Labute approximate surface area is 99.4 Å². The first-order valence-corrected chi connectivity index (χ1v) is 5.65. The van der Waals surface area contributed by atoms with Crippen molar-refractivity contribution in [3.63, 3.8) is 0 Å². The van der Waals surface area contributed by atoms with Gasteiger partial charge < -0.3 is 5.73 Å². The number of hydrogen-bond donors (Lipinski definition) is 1. The summed E-state index contributed by atoms with van der Waals surface area (Å²) in [5.74, 6) is -0.305. The second-order valence-electron chi connectivity index (χ2n) is 2.91. The molecule has 1 rings (SSSR count). The highest BCUT2D eigenvalue weighted by Crippen LogP contribution is 2.30. The van der Waals surface area contributed by atoms with Crippen LogP contribution < -0.4 is 5.73 Å². The average molecular weight is 323 g/mol. The minimum absolute atomic E-state index is 0.305. The molecule has 0 saturated carbocycles. The zero-order valence-corrected chi connectivity index (χ0v) is 10.6. The normalized spacial score (nSPS) is 12.6. The third-order valence-corrected chi connectivity index (χ3v) is 2.95. The van der Waals surface area contributed by atoms with Gasteiger partial charge in [-0.05, 0) is 18.6 Å². The quantitative estimate of drug-likeness (QED) is 0.838. The number of hydrogen-bond acceptors (Lipinski definition) is 1. The van der Waals surface area contributed by atoms with E-state index in [4.69, 9.17) is 5.73 Å². The number of nitrogens with two attached hydrogens (primary N) is 1. The highest BCUT2D eigenvalue weighted by molar-refractivity contribution is 9.11. The lowest BCUT2D eigenvalue weighted by Crippen LogP contribution is -2.12. The fourth-order valence-corrected chi connectivity index (χ4v) is 2.67. The van der Waals surface area contributed by atoms with E-state index in [2.05, 4.69) is 38.4 Å². The first-order chi connectivity index (χ1) is 6.56. The SMILES string of the molecule is C=CC[C@@H](N)c1c(F)cc(Br)cc1Br. The van der Waals surface area contributed by atoms with Gasteiger partial charge >= 0.3 is 0 Å². The van der Waals surface area contributed by atoms with Crippen LogP contribution in [0.3, 0.4) is 0 Å². The molecular weight excluding hydrogens is 313 g/mol. The number of rotatable bonds is 3. The van der Waals surface area contributed by atoms with E-state index in [1.54, 1.807) is 12.1 Å². The highest BCUT2D eigenvalue weighted by Gasteiger charge is 2.14. The summed E-state index contributed by atoms with van der Waals surface area (Å²) in [6.07, 6.45) is 2.23. The summed E-state index contributed by atoms with van der Waals surface area (Å²) in [6, 6.07) is 2.83. The van der Waals surface area contributed by atoms with Gasteiger partial charge in [0.25, 0.3) is 0 Å². The van der Waals surface area contributed by atoms with Crippen LogP contribution in [0.4, 0.5) is 4.39 Å². The van der Waals surface area contributed by atoms with Gasteiger partial charge in [0.15, 0.2) is 0 Å². The predicted molar refractivity (Wildman–Crippen MR) is 63.5 cm³/mol. The average Bonchev–Trinajstić information content (AvgIpc) is 2.01. The molecule has 0 spiro atoms. The molecule has 0 heterocycles. The Kier molecular flexibility index (Phi) is 4.29. The molecule has 0 fully saturated rings. The summed E-state index contributed by atoms with van der Waals surface area (Å²) in [7, 11) is 0. The van der Waals surface area contributed by atoms with E-state index >= 15 is 0 Å². The summed E-state index contributed by atoms with van der Waals surface area (Å²) in [5.41, 5.74) is 6.29. The van der Waals surface area contributed by atoms with Crippen molar-refractivity contribution in [2.24, 2.45) is 5.73 Å². The lowest BCUT2D eigenvalue weighted by atomic mass is 10.0. The molecule has 0 saturated heterocycles. The molecule has 0 radical (unpaired) electrons. The van der Waals surface area contributed by atoms with Crippen LogP contribution in [-0.2, 0) is 0 Å². The number of benzene rings is 1. The Bertz CT molecular complexity index is 329. The van der Waals surface area contributed by atoms with E-state index in [9.17, 15) is 4.39 Å². The molecule has 4 heteroatoms. The van der Waals surface area contributed by atoms with Crippen molar-refractivity contribution in [2.45, 2.75) is 12.5 Å². The van der Waals surface area contributed by atoms with Gasteiger partial charge in [-0.3, -0.25) is 0 Å². The molecule has 0 unspecified atom stereocenters. The first kappa shape index (κ1) is 11.9. The van der Waals surface area contributed by atoms with Crippen LogP contribution >= 0.6 is 31.9 Å². The van der Waals surface area contributed by atoms with Crippen LogP contribution in [0.15, 0.2) is 33.7 Å². The molecule has 1 atom stereocenters. The molecular formula is C10H10Br2FN. The van der Waals surface area contributed by atoms with Crippen molar-refractivity contribution in [1.29, 1.82) is 0 Å². The molecule has 0 aliphatic rings. The number of halogens is 3. The molecule has 1 nitrogen and oxygen atoms in total. The van der Waals surface area contributed by atoms with Gasteiger partial charge in [0.05, 0.1) is 0 Å². The maximum Gasteiger partial charge on any atom is 0.130 e. The fourth-order valence-electron chi connectivity index (χ4n) is 1.20. The third-order valence-electron chi connectivity index (χ3n) is 1.84. The molecule has 0 bridgehead atoms.